The summed E-state index contributed by atoms with van der Waals surface area (Å²) in [7, 11) is 1.52. The number of esters is 1. The average Bonchev–Trinajstić information content (AvgIpc) is 3.01. The summed E-state index contributed by atoms with van der Waals surface area (Å²) < 4.78 is 20.9. The Balaban J connectivity index is 1.77. The lowest BCUT2D eigenvalue weighted by Crippen LogP contribution is -2.23. The molecule has 1 N–H and O–H groups in total. The summed E-state index contributed by atoms with van der Waals surface area (Å²) in [4.78, 5) is 23.4. The predicted octanol–water partition coefficient (Wildman–Crippen LogP) is 3.11. The molecule has 0 unspecified atom stereocenters. The van der Waals surface area contributed by atoms with E-state index >= 15 is 0 Å². The Morgan fingerprint density at radius 1 is 1.08 bits per heavy atom. The van der Waals surface area contributed by atoms with Crippen LogP contribution in [0.25, 0.3) is 21.9 Å². The maximum Gasteiger partial charge on any atom is 0.332 e. The van der Waals surface area contributed by atoms with Crippen LogP contribution in [0.2, 0.25) is 0 Å². The normalized spacial score (nSPS) is 10.8. The van der Waals surface area contributed by atoms with Crippen LogP contribution >= 0.6 is 0 Å². The average molecular weight is 357 g/mol. The first-order valence-electron chi connectivity index (χ1n) is 8.15. The van der Waals surface area contributed by atoms with Gasteiger partial charge in [0.25, 0.3) is 5.91 Å². The summed E-state index contributed by atoms with van der Waals surface area (Å²) in [5.74, 6) is -0.594. The molecular formula is C19H19NO6. The second kappa shape index (κ2) is 7.88. The van der Waals surface area contributed by atoms with Crippen molar-refractivity contribution in [3.05, 3.63) is 36.4 Å². The van der Waals surface area contributed by atoms with Gasteiger partial charge in [0.15, 0.2) is 6.61 Å². The van der Waals surface area contributed by atoms with Crippen LogP contribution in [-0.2, 0) is 19.1 Å². The molecule has 0 bridgehead atoms. The number of methoxy groups -OCH3 is 1. The first-order valence-corrected chi connectivity index (χ1v) is 8.15. The molecule has 26 heavy (non-hydrogen) atoms. The Bertz CT molecular complexity index is 946. The zero-order valence-corrected chi connectivity index (χ0v) is 14.5. The number of furan rings is 1. The van der Waals surface area contributed by atoms with Gasteiger partial charge in [-0.15, -0.1) is 0 Å². The summed E-state index contributed by atoms with van der Waals surface area (Å²) in [6, 6.07) is 11.1. The number of hydrogen-bond acceptors (Lipinski definition) is 6. The van der Waals surface area contributed by atoms with Crippen LogP contribution in [0.5, 0.6) is 5.75 Å². The fourth-order valence-corrected chi connectivity index (χ4v) is 2.58. The van der Waals surface area contributed by atoms with E-state index in [9.17, 15) is 9.59 Å². The molecule has 1 heterocycles. The van der Waals surface area contributed by atoms with E-state index in [1.54, 1.807) is 19.1 Å². The van der Waals surface area contributed by atoms with Crippen molar-refractivity contribution >= 4 is 39.5 Å². The molecule has 2 aromatic carbocycles. The van der Waals surface area contributed by atoms with Gasteiger partial charge in [0.05, 0.1) is 12.8 Å². The van der Waals surface area contributed by atoms with E-state index < -0.39 is 18.5 Å². The maximum absolute atomic E-state index is 12.1. The lowest BCUT2D eigenvalue weighted by Gasteiger charge is -2.10. The molecule has 0 aliphatic rings. The fourth-order valence-electron chi connectivity index (χ4n) is 2.58. The molecule has 7 heteroatoms. The molecule has 0 spiro atoms. The number of carbonyl (C=O) groups is 2. The summed E-state index contributed by atoms with van der Waals surface area (Å²) in [5.41, 5.74) is 1.80. The van der Waals surface area contributed by atoms with E-state index in [4.69, 9.17) is 18.6 Å². The summed E-state index contributed by atoms with van der Waals surface area (Å²) >= 11 is 0. The minimum Gasteiger partial charge on any atom is -0.495 e. The van der Waals surface area contributed by atoms with E-state index in [0.717, 1.165) is 16.4 Å². The Hall–Kier alpha value is -3.06. The Morgan fingerprint density at radius 2 is 1.88 bits per heavy atom. The molecule has 0 saturated carbocycles. The number of benzene rings is 2. The van der Waals surface area contributed by atoms with Gasteiger partial charge in [-0.3, -0.25) is 4.79 Å². The Labute approximate surface area is 149 Å². The standard InChI is InChI=1S/C19H19NO6/c1-3-24-11-19(22)25-10-18(21)20-14-9-16-13(8-17(14)23-2)12-6-4-5-7-15(12)26-16/h4-9H,3,10-11H2,1-2H3,(H,20,21). The first kappa shape index (κ1) is 17.8. The van der Waals surface area contributed by atoms with E-state index in [1.807, 2.05) is 24.3 Å². The van der Waals surface area contributed by atoms with Crippen molar-refractivity contribution in [2.75, 3.05) is 32.2 Å². The van der Waals surface area contributed by atoms with Gasteiger partial charge in [-0.25, -0.2) is 4.79 Å². The number of amides is 1. The number of ether oxygens (including phenoxy) is 3. The quantitative estimate of drug-likeness (QED) is 0.654. The highest BCUT2D eigenvalue weighted by Gasteiger charge is 2.15. The summed E-state index contributed by atoms with van der Waals surface area (Å²) in [6.45, 7) is 1.57. The van der Waals surface area contributed by atoms with E-state index in [2.05, 4.69) is 5.32 Å². The predicted molar refractivity (Wildman–Crippen MR) is 96.4 cm³/mol. The van der Waals surface area contributed by atoms with Crippen molar-refractivity contribution < 1.29 is 28.2 Å². The highest BCUT2D eigenvalue weighted by atomic mass is 16.6. The van der Waals surface area contributed by atoms with Crippen molar-refractivity contribution in [3.8, 4) is 5.75 Å². The third-order valence-corrected chi connectivity index (χ3v) is 3.76. The Kier molecular flexibility index (Phi) is 5.38. The monoisotopic (exact) mass is 357 g/mol. The fraction of sp³-hybridized carbons (Fsp3) is 0.263. The second-order valence-corrected chi connectivity index (χ2v) is 5.49. The van der Waals surface area contributed by atoms with E-state index in [-0.39, 0.29) is 6.61 Å². The lowest BCUT2D eigenvalue weighted by atomic mass is 10.1. The number of fused-ring (bicyclic) bond motifs is 3. The smallest absolute Gasteiger partial charge is 0.332 e. The molecule has 3 rings (SSSR count). The van der Waals surface area contributed by atoms with Crippen LogP contribution in [0.4, 0.5) is 5.69 Å². The van der Waals surface area contributed by atoms with Crippen LogP contribution in [0, 0.1) is 0 Å². The molecule has 0 atom stereocenters. The molecule has 0 aliphatic carbocycles. The molecule has 0 aliphatic heterocycles. The van der Waals surface area contributed by atoms with E-state index in [1.165, 1.54) is 7.11 Å². The van der Waals surface area contributed by atoms with Crippen molar-refractivity contribution in [1.82, 2.24) is 0 Å². The molecule has 136 valence electrons. The number of carbonyl (C=O) groups excluding carboxylic acids is 2. The SMILES string of the molecule is CCOCC(=O)OCC(=O)Nc1cc2oc3ccccc3c2cc1OC. The molecular weight excluding hydrogens is 338 g/mol. The van der Waals surface area contributed by atoms with Gasteiger partial charge in [-0.1, -0.05) is 18.2 Å². The number of anilines is 1. The third-order valence-electron chi connectivity index (χ3n) is 3.76. The van der Waals surface area contributed by atoms with Gasteiger partial charge in [0.1, 0.15) is 23.5 Å². The number of para-hydroxylation sites is 1. The summed E-state index contributed by atoms with van der Waals surface area (Å²) in [6.07, 6.45) is 0. The van der Waals surface area contributed by atoms with Crippen LogP contribution in [0.1, 0.15) is 6.92 Å². The van der Waals surface area contributed by atoms with Gasteiger partial charge >= 0.3 is 5.97 Å². The van der Waals surface area contributed by atoms with Crippen LogP contribution in [0.3, 0.4) is 0 Å². The van der Waals surface area contributed by atoms with Gasteiger partial charge in [-0.05, 0) is 19.1 Å². The number of hydrogen-bond donors (Lipinski definition) is 1. The lowest BCUT2D eigenvalue weighted by molar-refractivity contribution is -0.151. The number of nitrogens with one attached hydrogen (secondary N) is 1. The topological polar surface area (TPSA) is 87.0 Å². The third kappa shape index (κ3) is 3.78. The van der Waals surface area contributed by atoms with Crippen molar-refractivity contribution in [1.29, 1.82) is 0 Å². The minimum atomic E-state index is -0.596. The molecule has 1 aromatic heterocycles. The molecule has 7 nitrogen and oxygen atoms in total. The second-order valence-electron chi connectivity index (χ2n) is 5.49. The molecule has 3 aromatic rings. The van der Waals surface area contributed by atoms with Crippen molar-refractivity contribution in [3.63, 3.8) is 0 Å². The van der Waals surface area contributed by atoms with Gasteiger partial charge < -0.3 is 23.9 Å². The van der Waals surface area contributed by atoms with Crippen molar-refractivity contribution in [2.24, 2.45) is 0 Å². The Morgan fingerprint density at radius 3 is 2.65 bits per heavy atom. The zero-order chi connectivity index (χ0) is 18.5. The zero-order valence-electron chi connectivity index (χ0n) is 14.5. The number of rotatable bonds is 7. The highest BCUT2D eigenvalue weighted by molar-refractivity contribution is 6.07. The minimum absolute atomic E-state index is 0.182. The summed E-state index contributed by atoms with van der Waals surface area (Å²) in [5, 5.41) is 4.52. The van der Waals surface area contributed by atoms with Crippen LogP contribution < -0.4 is 10.1 Å². The largest absolute Gasteiger partial charge is 0.495 e. The van der Waals surface area contributed by atoms with Crippen LogP contribution in [0.15, 0.2) is 40.8 Å². The van der Waals surface area contributed by atoms with Gasteiger partial charge in [0, 0.05) is 23.4 Å². The molecule has 0 fully saturated rings. The molecule has 0 saturated heterocycles. The van der Waals surface area contributed by atoms with Gasteiger partial charge in [0.2, 0.25) is 0 Å². The van der Waals surface area contributed by atoms with Crippen molar-refractivity contribution in [2.45, 2.75) is 6.92 Å². The first-order chi connectivity index (χ1) is 12.6. The van der Waals surface area contributed by atoms with Gasteiger partial charge in [-0.2, -0.15) is 0 Å². The molecule has 0 radical (unpaired) electrons. The highest BCUT2D eigenvalue weighted by Crippen LogP contribution is 2.36. The maximum atomic E-state index is 12.1. The van der Waals surface area contributed by atoms with Crippen LogP contribution in [-0.4, -0.2) is 38.8 Å². The van der Waals surface area contributed by atoms with E-state index in [0.29, 0.717) is 23.6 Å². The molecule has 1 amide bonds.